The number of hydrogen-bond acceptors (Lipinski definition) is 6. The van der Waals surface area contributed by atoms with Gasteiger partial charge in [-0.2, -0.15) is 0 Å². The topological polar surface area (TPSA) is 78.9 Å². The summed E-state index contributed by atoms with van der Waals surface area (Å²) >= 11 is 0. The number of rotatable bonds is 57. The first kappa shape index (κ1) is 71.3. The van der Waals surface area contributed by atoms with Gasteiger partial charge in [-0.15, -0.1) is 0 Å². The fourth-order valence-electron chi connectivity index (χ4n) is 8.90. The average Bonchev–Trinajstić information content (AvgIpc) is 3.41. The molecule has 0 aliphatic heterocycles. The van der Waals surface area contributed by atoms with Gasteiger partial charge in [-0.05, 0) is 96.3 Å². The lowest BCUT2D eigenvalue weighted by molar-refractivity contribution is -0.167. The third kappa shape index (κ3) is 61.1. The lowest BCUT2D eigenvalue weighted by Crippen LogP contribution is -2.30. The largest absolute Gasteiger partial charge is 0.462 e. The maximum Gasteiger partial charge on any atom is 0.306 e. The Kier molecular flexibility index (Phi) is 59.8. The SMILES string of the molecule is CC/C=C\C/C=C\C/C=C\C/C=C\CCCCCCCCCCC(=O)OCC(COC(=O)CCCCCC/C=C\C/C=C\C/C=C\C/C=C\CC)OC(=O)CCCCCCCCCCCCCCCCCCCCC. The zero-order valence-electron chi connectivity index (χ0n) is 49.3. The molecule has 0 bridgehead atoms. The summed E-state index contributed by atoms with van der Waals surface area (Å²) in [6.45, 7) is 6.42. The summed E-state index contributed by atoms with van der Waals surface area (Å²) in [4.78, 5) is 38.3. The number of unbranched alkanes of at least 4 members (excludes halogenated alkanes) is 30. The normalized spacial score (nSPS) is 12.7. The number of esters is 3. The molecule has 0 saturated carbocycles. The molecule has 0 aromatic carbocycles. The third-order valence-electron chi connectivity index (χ3n) is 13.6. The van der Waals surface area contributed by atoms with Gasteiger partial charge in [-0.25, -0.2) is 0 Å². The second-order valence-corrected chi connectivity index (χ2v) is 20.9. The van der Waals surface area contributed by atoms with Crippen molar-refractivity contribution in [2.24, 2.45) is 0 Å². The van der Waals surface area contributed by atoms with Crippen LogP contribution in [0.1, 0.15) is 303 Å². The molecule has 0 aromatic rings. The molecule has 1 atom stereocenters. The van der Waals surface area contributed by atoms with E-state index in [0.717, 1.165) is 128 Å². The van der Waals surface area contributed by atoms with Crippen LogP contribution in [0, 0.1) is 0 Å². The van der Waals surface area contributed by atoms with Gasteiger partial charge in [0, 0.05) is 19.3 Å². The maximum absolute atomic E-state index is 12.9. The van der Waals surface area contributed by atoms with Crippen LogP contribution in [0.25, 0.3) is 0 Å². The van der Waals surface area contributed by atoms with Crippen molar-refractivity contribution in [3.63, 3.8) is 0 Å². The highest BCUT2D eigenvalue weighted by molar-refractivity contribution is 5.71. The van der Waals surface area contributed by atoms with Gasteiger partial charge in [-0.3, -0.25) is 14.4 Å². The van der Waals surface area contributed by atoms with Crippen LogP contribution in [-0.4, -0.2) is 37.2 Å². The summed E-state index contributed by atoms with van der Waals surface area (Å²) in [7, 11) is 0. The van der Waals surface area contributed by atoms with E-state index < -0.39 is 6.10 Å². The molecule has 0 spiro atoms. The minimum atomic E-state index is -0.792. The molecular weight excluding hydrogens is 925 g/mol. The fraction of sp³-hybridized carbons (Fsp3) is 0.725. The highest BCUT2D eigenvalue weighted by atomic mass is 16.6. The summed E-state index contributed by atoms with van der Waals surface area (Å²) in [6.07, 6.45) is 84.1. The van der Waals surface area contributed by atoms with Crippen LogP contribution < -0.4 is 0 Å². The smallest absolute Gasteiger partial charge is 0.306 e. The van der Waals surface area contributed by atoms with E-state index in [-0.39, 0.29) is 31.1 Å². The van der Waals surface area contributed by atoms with Crippen LogP contribution in [-0.2, 0) is 28.6 Å². The van der Waals surface area contributed by atoms with E-state index in [4.69, 9.17) is 14.2 Å². The monoisotopic (exact) mass is 1040 g/mol. The summed E-state index contributed by atoms with van der Waals surface area (Å²) in [5, 5.41) is 0. The number of hydrogen-bond donors (Lipinski definition) is 0. The lowest BCUT2D eigenvalue weighted by Gasteiger charge is -2.18. The molecule has 6 heteroatoms. The van der Waals surface area contributed by atoms with Gasteiger partial charge in [-0.1, -0.05) is 285 Å². The molecule has 0 saturated heterocycles. The third-order valence-corrected chi connectivity index (χ3v) is 13.6. The molecular formula is C69H118O6. The van der Waals surface area contributed by atoms with E-state index >= 15 is 0 Å². The van der Waals surface area contributed by atoms with Crippen molar-refractivity contribution in [1.82, 2.24) is 0 Å². The molecule has 0 aliphatic rings. The van der Waals surface area contributed by atoms with E-state index in [2.05, 4.69) is 118 Å². The zero-order chi connectivity index (χ0) is 54.3. The van der Waals surface area contributed by atoms with Gasteiger partial charge >= 0.3 is 17.9 Å². The zero-order valence-corrected chi connectivity index (χ0v) is 49.3. The Morgan fingerprint density at radius 2 is 0.520 bits per heavy atom. The van der Waals surface area contributed by atoms with E-state index in [1.807, 2.05) is 0 Å². The van der Waals surface area contributed by atoms with E-state index in [9.17, 15) is 14.4 Å². The Balaban J connectivity index is 4.41. The fourth-order valence-corrected chi connectivity index (χ4v) is 8.90. The van der Waals surface area contributed by atoms with E-state index in [1.54, 1.807) is 0 Å². The molecule has 1 unspecified atom stereocenters. The molecule has 0 aliphatic carbocycles. The molecule has 75 heavy (non-hydrogen) atoms. The standard InChI is InChI=1S/C69H118O6/c1-4-7-10-13-16-19-22-25-28-31-33-34-36-38-41-44-47-50-53-56-59-62-68(71)74-65-66(64-73-67(70)61-58-55-52-49-46-43-40-37-30-27-24-21-18-15-12-9-6-3)75-69(72)63-60-57-54-51-48-45-42-39-35-32-29-26-23-20-17-14-11-8-5-2/h7,9-10,12,16,18-19,21,25,27-28,30,33-34,40,43,66H,4-6,8,11,13-15,17,20,22-24,26,29,31-32,35-39,41-42,44-65H2,1-3H3/b10-7-,12-9-,19-16-,21-18-,28-25-,30-27-,34-33-,43-40-. The Morgan fingerprint density at radius 3 is 0.813 bits per heavy atom. The molecule has 0 fully saturated rings. The summed E-state index contributed by atoms with van der Waals surface area (Å²) < 4.78 is 16.9. The van der Waals surface area contributed by atoms with Crippen molar-refractivity contribution in [3.8, 4) is 0 Å². The molecule has 0 rings (SSSR count). The number of carbonyl (C=O) groups excluding carboxylic acids is 3. The predicted molar refractivity (Wildman–Crippen MR) is 325 cm³/mol. The van der Waals surface area contributed by atoms with Crippen LogP contribution in [0.5, 0.6) is 0 Å². The first-order chi connectivity index (χ1) is 37.0. The van der Waals surface area contributed by atoms with Gasteiger partial charge < -0.3 is 14.2 Å². The van der Waals surface area contributed by atoms with Crippen molar-refractivity contribution in [2.75, 3.05) is 13.2 Å². The van der Waals surface area contributed by atoms with Crippen molar-refractivity contribution >= 4 is 17.9 Å². The van der Waals surface area contributed by atoms with Crippen molar-refractivity contribution in [2.45, 2.75) is 309 Å². The van der Waals surface area contributed by atoms with Crippen LogP contribution in [0.2, 0.25) is 0 Å². The molecule has 0 amide bonds. The minimum Gasteiger partial charge on any atom is -0.462 e. The van der Waals surface area contributed by atoms with Gasteiger partial charge in [0.05, 0.1) is 0 Å². The summed E-state index contributed by atoms with van der Waals surface area (Å²) in [5.41, 5.74) is 0. The Hall–Kier alpha value is -3.67. The van der Waals surface area contributed by atoms with Crippen LogP contribution in [0.4, 0.5) is 0 Å². The highest BCUT2D eigenvalue weighted by Crippen LogP contribution is 2.17. The van der Waals surface area contributed by atoms with Crippen molar-refractivity contribution in [1.29, 1.82) is 0 Å². The maximum atomic E-state index is 12.9. The molecule has 0 N–H and O–H groups in total. The van der Waals surface area contributed by atoms with E-state index in [0.29, 0.717) is 19.3 Å². The highest BCUT2D eigenvalue weighted by Gasteiger charge is 2.19. The molecule has 0 aromatic heterocycles. The minimum absolute atomic E-state index is 0.0880. The van der Waals surface area contributed by atoms with Gasteiger partial charge in [0.15, 0.2) is 6.10 Å². The molecule has 0 radical (unpaired) electrons. The predicted octanol–water partition coefficient (Wildman–Crippen LogP) is 21.7. The molecule has 430 valence electrons. The summed E-state index contributed by atoms with van der Waals surface area (Å²) in [5.74, 6) is -0.907. The quantitative estimate of drug-likeness (QED) is 0.0261. The number of carbonyl (C=O) groups is 3. The van der Waals surface area contributed by atoms with Gasteiger partial charge in [0.25, 0.3) is 0 Å². The van der Waals surface area contributed by atoms with Gasteiger partial charge in [0.2, 0.25) is 0 Å². The Bertz CT molecular complexity index is 1480. The Morgan fingerprint density at radius 1 is 0.280 bits per heavy atom. The second kappa shape index (κ2) is 62.9. The van der Waals surface area contributed by atoms with Crippen LogP contribution >= 0.6 is 0 Å². The van der Waals surface area contributed by atoms with Gasteiger partial charge in [0.1, 0.15) is 13.2 Å². The molecule has 6 nitrogen and oxygen atoms in total. The second-order valence-electron chi connectivity index (χ2n) is 20.9. The lowest BCUT2D eigenvalue weighted by atomic mass is 10.0. The first-order valence-corrected chi connectivity index (χ1v) is 31.7. The molecule has 0 heterocycles. The van der Waals surface area contributed by atoms with E-state index in [1.165, 1.54) is 135 Å². The van der Waals surface area contributed by atoms with Crippen molar-refractivity contribution < 1.29 is 28.6 Å². The number of allylic oxidation sites excluding steroid dienone is 16. The first-order valence-electron chi connectivity index (χ1n) is 31.7. The van der Waals surface area contributed by atoms with Crippen LogP contribution in [0.3, 0.4) is 0 Å². The number of ether oxygens (including phenoxy) is 3. The van der Waals surface area contributed by atoms with Crippen molar-refractivity contribution in [3.05, 3.63) is 97.2 Å². The average molecular weight is 1040 g/mol. The Labute approximate surface area is 464 Å². The summed E-state index contributed by atoms with van der Waals surface area (Å²) in [6, 6.07) is 0. The van der Waals surface area contributed by atoms with Crippen LogP contribution in [0.15, 0.2) is 97.2 Å².